The van der Waals surface area contributed by atoms with E-state index in [1.165, 1.54) is 0 Å². The highest BCUT2D eigenvalue weighted by atomic mass is 79.9. The van der Waals surface area contributed by atoms with Crippen LogP contribution in [-0.4, -0.2) is 18.7 Å². The molecule has 0 aliphatic carbocycles. The first-order valence-electron chi connectivity index (χ1n) is 6.88. The summed E-state index contributed by atoms with van der Waals surface area (Å²) >= 11 is 3.42. The summed E-state index contributed by atoms with van der Waals surface area (Å²) in [5.74, 6) is 0.369. The Kier molecular flexibility index (Phi) is 6.15. The van der Waals surface area contributed by atoms with E-state index in [0.29, 0.717) is 12.2 Å². The summed E-state index contributed by atoms with van der Waals surface area (Å²) in [6.07, 6.45) is 2.34. The number of hydrogen-bond acceptors (Lipinski definition) is 3. The maximum Gasteiger partial charge on any atom is 0.277 e. The topological polar surface area (TPSA) is 50.7 Å². The highest BCUT2D eigenvalue weighted by Crippen LogP contribution is 2.21. The zero-order valence-corrected chi connectivity index (χ0v) is 13.8. The smallest absolute Gasteiger partial charge is 0.277 e. The molecule has 0 atom stereocenters. The Hall–Kier alpha value is -2.14. The number of rotatable bonds is 6. The van der Waals surface area contributed by atoms with Gasteiger partial charge in [0.15, 0.2) is 6.61 Å². The fourth-order valence-corrected chi connectivity index (χ4v) is 2.02. The number of halogens is 1. The highest BCUT2D eigenvalue weighted by molar-refractivity contribution is 9.10. The summed E-state index contributed by atoms with van der Waals surface area (Å²) in [6.45, 7) is 1.90. The van der Waals surface area contributed by atoms with Crippen LogP contribution in [0.3, 0.4) is 0 Å². The first-order chi connectivity index (χ1) is 10.6. The minimum absolute atomic E-state index is 0.0657. The summed E-state index contributed by atoms with van der Waals surface area (Å²) in [6, 6.07) is 15.5. The highest BCUT2D eigenvalue weighted by Gasteiger charge is 2.02. The minimum Gasteiger partial charge on any atom is -0.484 e. The number of carbonyl (C=O) groups excluding carboxylic acids is 1. The second kappa shape index (κ2) is 8.34. The molecule has 22 heavy (non-hydrogen) atoms. The Balaban J connectivity index is 1.72. The Bertz CT molecular complexity index is 657. The fourth-order valence-electron chi connectivity index (χ4n) is 1.77. The molecule has 0 spiro atoms. The van der Waals surface area contributed by atoms with Crippen molar-refractivity contribution in [3.63, 3.8) is 0 Å². The van der Waals surface area contributed by atoms with Gasteiger partial charge in [-0.25, -0.2) is 5.43 Å². The van der Waals surface area contributed by atoms with Crippen molar-refractivity contribution in [1.82, 2.24) is 5.43 Å². The van der Waals surface area contributed by atoms with Crippen LogP contribution in [0.4, 0.5) is 0 Å². The third kappa shape index (κ3) is 5.33. The number of hydrazone groups is 1. The lowest BCUT2D eigenvalue weighted by atomic mass is 10.2. The predicted molar refractivity (Wildman–Crippen MR) is 91.2 cm³/mol. The van der Waals surface area contributed by atoms with E-state index in [-0.39, 0.29) is 12.5 Å². The van der Waals surface area contributed by atoms with Gasteiger partial charge in [0.2, 0.25) is 0 Å². The summed E-state index contributed by atoms with van der Waals surface area (Å²) in [7, 11) is 0. The van der Waals surface area contributed by atoms with E-state index >= 15 is 0 Å². The fraction of sp³-hybridized carbons (Fsp3) is 0.176. The largest absolute Gasteiger partial charge is 0.484 e. The van der Waals surface area contributed by atoms with E-state index in [9.17, 15) is 4.79 Å². The standard InChI is InChI=1S/C17H17BrN2O2/c1-13-11-15(7-8-16(13)18)22-12-17(21)20-19-10-9-14-5-3-2-4-6-14/h2-8,10-11H,9,12H2,1H3,(H,20,21)/b19-10+. The van der Waals surface area contributed by atoms with Crippen molar-refractivity contribution in [2.45, 2.75) is 13.3 Å². The summed E-state index contributed by atoms with van der Waals surface area (Å²) in [5, 5.41) is 3.90. The number of hydrogen-bond donors (Lipinski definition) is 1. The molecule has 0 bridgehead atoms. The van der Waals surface area contributed by atoms with Crippen molar-refractivity contribution in [2.24, 2.45) is 5.10 Å². The molecule has 0 saturated carbocycles. The molecule has 114 valence electrons. The molecule has 2 aromatic carbocycles. The van der Waals surface area contributed by atoms with Gasteiger partial charge in [-0.05, 0) is 36.2 Å². The van der Waals surface area contributed by atoms with Crippen LogP contribution in [0.2, 0.25) is 0 Å². The van der Waals surface area contributed by atoms with E-state index in [2.05, 4.69) is 26.5 Å². The summed E-state index contributed by atoms with van der Waals surface area (Å²) < 4.78 is 6.42. The monoisotopic (exact) mass is 360 g/mol. The van der Waals surface area contributed by atoms with Crippen LogP contribution in [0.5, 0.6) is 5.75 Å². The van der Waals surface area contributed by atoms with Gasteiger partial charge in [0, 0.05) is 17.1 Å². The molecule has 4 nitrogen and oxygen atoms in total. The van der Waals surface area contributed by atoms with Crippen molar-refractivity contribution in [3.8, 4) is 5.75 Å². The second-order valence-corrected chi connectivity index (χ2v) is 5.59. The number of carbonyl (C=O) groups is 1. The molecule has 0 aliphatic rings. The van der Waals surface area contributed by atoms with Gasteiger partial charge < -0.3 is 4.74 Å². The third-order valence-electron chi connectivity index (χ3n) is 2.95. The van der Waals surface area contributed by atoms with E-state index in [0.717, 1.165) is 15.6 Å². The molecule has 5 heteroatoms. The lowest BCUT2D eigenvalue weighted by Crippen LogP contribution is -2.24. The van der Waals surface area contributed by atoms with Gasteiger partial charge in [-0.1, -0.05) is 46.3 Å². The van der Waals surface area contributed by atoms with Gasteiger partial charge in [0.05, 0.1) is 0 Å². The van der Waals surface area contributed by atoms with E-state index in [1.54, 1.807) is 6.21 Å². The number of aryl methyl sites for hydroxylation is 1. The van der Waals surface area contributed by atoms with Gasteiger partial charge in [0.25, 0.3) is 5.91 Å². The molecule has 1 amide bonds. The zero-order chi connectivity index (χ0) is 15.8. The Labute approximate surface area is 138 Å². The number of nitrogens with one attached hydrogen (secondary N) is 1. The van der Waals surface area contributed by atoms with E-state index in [1.807, 2.05) is 55.5 Å². The lowest BCUT2D eigenvalue weighted by Gasteiger charge is -2.06. The van der Waals surface area contributed by atoms with Crippen LogP contribution >= 0.6 is 15.9 Å². The molecule has 0 aromatic heterocycles. The molecule has 0 unspecified atom stereocenters. The molecule has 0 saturated heterocycles. The maximum atomic E-state index is 11.6. The maximum absolute atomic E-state index is 11.6. The van der Waals surface area contributed by atoms with Crippen LogP contribution in [0.25, 0.3) is 0 Å². The summed E-state index contributed by atoms with van der Waals surface area (Å²) in [4.78, 5) is 11.6. The Morgan fingerprint density at radius 3 is 2.77 bits per heavy atom. The number of ether oxygens (including phenoxy) is 1. The molecule has 2 rings (SSSR count). The molecule has 2 aromatic rings. The average Bonchev–Trinajstić information content (AvgIpc) is 2.54. The van der Waals surface area contributed by atoms with Crippen LogP contribution in [0, 0.1) is 6.92 Å². The van der Waals surface area contributed by atoms with Crippen LogP contribution < -0.4 is 10.2 Å². The first kappa shape index (κ1) is 16.2. The van der Waals surface area contributed by atoms with Gasteiger partial charge >= 0.3 is 0 Å². The van der Waals surface area contributed by atoms with Crippen molar-refractivity contribution in [1.29, 1.82) is 0 Å². The van der Waals surface area contributed by atoms with Crippen LogP contribution in [0.1, 0.15) is 11.1 Å². The van der Waals surface area contributed by atoms with E-state index < -0.39 is 0 Å². The number of nitrogens with zero attached hydrogens (tertiary/aromatic N) is 1. The molecule has 0 fully saturated rings. The van der Waals surface area contributed by atoms with Gasteiger partial charge in [-0.2, -0.15) is 5.10 Å². The van der Waals surface area contributed by atoms with Crippen molar-refractivity contribution < 1.29 is 9.53 Å². The number of benzene rings is 2. The van der Waals surface area contributed by atoms with E-state index in [4.69, 9.17) is 4.74 Å². The molecular weight excluding hydrogens is 344 g/mol. The lowest BCUT2D eigenvalue weighted by molar-refractivity contribution is -0.123. The Morgan fingerprint density at radius 1 is 1.27 bits per heavy atom. The Morgan fingerprint density at radius 2 is 2.05 bits per heavy atom. The first-order valence-corrected chi connectivity index (χ1v) is 7.67. The minimum atomic E-state index is -0.287. The summed E-state index contributed by atoms with van der Waals surface area (Å²) in [5.41, 5.74) is 4.64. The van der Waals surface area contributed by atoms with Gasteiger partial charge in [0.1, 0.15) is 5.75 Å². The molecule has 0 aliphatic heterocycles. The van der Waals surface area contributed by atoms with Crippen molar-refractivity contribution in [2.75, 3.05) is 6.61 Å². The zero-order valence-electron chi connectivity index (χ0n) is 12.3. The number of amides is 1. The normalized spacial score (nSPS) is 10.6. The molecule has 0 heterocycles. The molecular formula is C17H17BrN2O2. The second-order valence-electron chi connectivity index (χ2n) is 4.74. The SMILES string of the molecule is Cc1cc(OCC(=O)N/N=C/Cc2ccccc2)ccc1Br. The third-order valence-corrected chi connectivity index (χ3v) is 3.84. The molecule has 1 N–H and O–H groups in total. The van der Waals surface area contributed by atoms with Gasteiger partial charge in [-0.15, -0.1) is 0 Å². The predicted octanol–water partition coefficient (Wildman–Crippen LogP) is 3.48. The van der Waals surface area contributed by atoms with Crippen LogP contribution in [0.15, 0.2) is 58.1 Å². The quantitative estimate of drug-likeness (QED) is 0.633. The molecule has 0 radical (unpaired) electrons. The van der Waals surface area contributed by atoms with Crippen LogP contribution in [-0.2, 0) is 11.2 Å². The van der Waals surface area contributed by atoms with Gasteiger partial charge in [-0.3, -0.25) is 4.79 Å². The average molecular weight is 361 g/mol. The van der Waals surface area contributed by atoms with Crippen molar-refractivity contribution >= 4 is 28.1 Å². The van der Waals surface area contributed by atoms with Crippen molar-refractivity contribution in [3.05, 3.63) is 64.1 Å².